The summed E-state index contributed by atoms with van der Waals surface area (Å²) in [5.74, 6) is 1.09. The van der Waals surface area contributed by atoms with Gasteiger partial charge in [0.2, 0.25) is 11.7 Å². The van der Waals surface area contributed by atoms with Gasteiger partial charge in [-0.05, 0) is 19.8 Å². The normalized spacial score (nSPS) is 18.5. The van der Waals surface area contributed by atoms with Crippen LogP contribution in [-0.4, -0.2) is 86.8 Å². The van der Waals surface area contributed by atoms with Crippen LogP contribution in [0.2, 0.25) is 0 Å². The zero-order chi connectivity index (χ0) is 23.7. The summed E-state index contributed by atoms with van der Waals surface area (Å²) in [7, 11) is 4.38. The Balaban J connectivity index is 1.71. The van der Waals surface area contributed by atoms with Crippen molar-refractivity contribution in [3.63, 3.8) is 0 Å². The number of nitrogen functional groups attached to an aromatic ring is 1. The zero-order valence-corrected chi connectivity index (χ0v) is 19.3. The Bertz CT molecular complexity index is 1080. The summed E-state index contributed by atoms with van der Waals surface area (Å²) in [5, 5.41) is 0.385. The lowest BCUT2D eigenvalue weighted by atomic mass is 10.0. The average molecular weight is 460 g/mol. The minimum atomic E-state index is -0.336. The fourth-order valence-electron chi connectivity index (χ4n) is 4.45. The molecule has 1 amide bonds. The van der Waals surface area contributed by atoms with Gasteiger partial charge >= 0.3 is 0 Å². The van der Waals surface area contributed by atoms with Crippen LogP contribution in [0.25, 0.3) is 10.9 Å². The quantitative estimate of drug-likeness (QED) is 0.630. The Kier molecular flexibility index (Phi) is 6.41. The molecule has 2 aliphatic heterocycles. The van der Waals surface area contributed by atoms with Gasteiger partial charge in [0, 0.05) is 32.8 Å². The van der Waals surface area contributed by atoms with Crippen molar-refractivity contribution >= 4 is 34.4 Å². The Morgan fingerprint density at radius 3 is 2.21 bits per heavy atom. The molecule has 178 valence electrons. The molecule has 0 saturated carbocycles. The van der Waals surface area contributed by atoms with Gasteiger partial charge in [-0.1, -0.05) is 0 Å². The van der Waals surface area contributed by atoms with Crippen LogP contribution < -0.4 is 24.8 Å². The first kappa shape index (κ1) is 22.8. The number of amides is 1. The molecule has 1 aromatic carbocycles. The van der Waals surface area contributed by atoms with Crippen molar-refractivity contribution < 1.29 is 28.5 Å². The van der Waals surface area contributed by atoms with Crippen molar-refractivity contribution in [1.29, 1.82) is 0 Å². The highest BCUT2D eigenvalue weighted by molar-refractivity contribution is 6.13. The third-order valence-corrected chi connectivity index (χ3v) is 6.07. The van der Waals surface area contributed by atoms with E-state index in [1.165, 1.54) is 28.3 Å². The SMILES string of the molecule is COc1c(OC)c(OC)c2c(N)nc(N3CCN(C(=O)C4CCCO4)CC3)nc2c1C(C)=O. The molecule has 0 bridgehead atoms. The molecule has 4 rings (SSSR count). The van der Waals surface area contributed by atoms with E-state index < -0.39 is 0 Å². The molecule has 2 aromatic rings. The number of nitrogens with zero attached hydrogens (tertiary/aromatic N) is 4. The van der Waals surface area contributed by atoms with Gasteiger partial charge in [0.15, 0.2) is 17.3 Å². The minimum absolute atomic E-state index is 0.0338. The number of aromatic nitrogens is 2. The molecular formula is C22H29N5O6. The summed E-state index contributed by atoms with van der Waals surface area (Å²) in [4.78, 5) is 38.2. The maximum Gasteiger partial charge on any atom is 0.251 e. The second kappa shape index (κ2) is 9.26. The van der Waals surface area contributed by atoms with Crippen molar-refractivity contribution in [1.82, 2.24) is 14.9 Å². The van der Waals surface area contributed by atoms with Gasteiger partial charge < -0.3 is 34.5 Å². The molecule has 0 radical (unpaired) electrons. The van der Waals surface area contributed by atoms with Crippen molar-refractivity contribution in [2.75, 3.05) is 64.7 Å². The van der Waals surface area contributed by atoms with E-state index in [0.717, 1.165) is 12.8 Å². The summed E-state index contributed by atoms with van der Waals surface area (Å²) in [5.41, 5.74) is 6.91. The molecule has 2 aliphatic rings. The van der Waals surface area contributed by atoms with E-state index in [9.17, 15) is 9.59 Å². The molecule has 11 nitrogen and oxygen atoms in total. The summed E-state index contributed by atoms with van der Waals surface area (Å²) >= 11 is 0. The highest BCUT2D eigenvalue weighted by Crippen LogP contribution is 2.48. The summed E-state index contributed by atoms with van der Waals surface area (Å²) in [6.45, 7) is 4.17. The number of ether oxygens (including phenoxy) is 4. The summed E-state index contributed by atoms with van der Waals surface area (Å²) < 4.78 is 22.0. The van der Waals surface area contributed by atoms with Crippen LogP contribution in [0.3, 0.4) is 0 Å². The van der Waals surface area contributed by atoms with E-state index in [-0.39, 0.29) is 40.7 Å². The van der Waals surface area contributed by atoms with Gasteiger partial charge in [-0.15, -0.1) is 0 Å². The van der Waals surface area contributed by atoms with Gasteiger partial charge in [-0.2, -0.15) is 4.98 Å². The van der Waals surface area contributed by atoms with E-state index in [2.05, 4.69) is 4.98 Å². The van der Waals surface area contributed by atoms with Gasteiger partial charge in [-0.3, -0.25) is 9.59 Å². The number of fused-ring (bicyclic) bond motifs is 1. The van der Waals surface area contributed by atoms with E-state index in [0.29, 0.717) is 55.4 Å². The summed E-state index contributed by atoms with van der Waals surface area (Å²) in [6.07, 6.45) is 1.35. The smallest absolute Gasteiger partial charge is 0.251 e. The van der Waals surface area contributed by atoms with Crippen LogP contribution in [0.4, 0.5) is 11.8 Å². The summed E-state index contributed by atoms with van der Waals surface area (Å²) in [6, 6.07) is 0. The second-order valence-corrected chi connectivity index (χ2v) is 7.98. The number of benzene rings is 1. The average Bonchev–Trinajstić information content (AvgIpc) is 3.36. The van der Waals surface area contributed by atoms with Crippen LogP contribution in [-0.2, 0) is 9.53 Å². The number of carbonyl (C=O) groups excluding carboxylic acids is 2. The molecule has 33 heavy (non-hydrogen) atoms. The number of hydrogen-bond acceptors (Lipinski definition) is 10. The van der Waals surface area contributed by atoms with Crippen LogP contribution >= 0.6 is 0 Å². The van der Waals surface area contributed by atoms with Crippen molar-refractivity contribution in [3.8, 4) is 17.2 Å². The monoisotopic (exact) mass is 459 g/mol. The lowest BCUT2D eigenvalue weighted by Crippen LogP contribution is -2.51. The van der Waals surface area contributed by atoms with Crippen LogP contribution in [0, 0.1) is 0 Å². The van der Waals surface area contributed by atoms with Crippen molar-refractivity contribution in [3.05, 3.63) is 5.56 Å². The number of rotatable bonds is 6. The molecule has 2 N–H and O–H groups in total. The molecule has 1 atom stereocenters. The van der Waals surface area contributed by atoms with Crippen LogP contribution in [0.1, 0.15) is 30.1 Å². The molecule has 2 saturated heterocycles. The van der Waals surface area contributed by atoms with Crippen LogP contribution in [0.5, 0.6) is 17.2 Å². The van der Waals surface area contributed by atoms with Gasteiger partial charge in [0.25, 0.3) is 5.91 Å². The number of hydrogen-bond donors (Lipinski definition) is 1. The highest BCUT2D eigenvalue weighted by Gasteiger charge is 2.32. The maximum absolute atomic E-state index is 12.6. The predicted molar refractivity (Wildman–Crippen MR) is 121 cm³/mol. The predicted octanol–water partition coefficient (Wildman–Crippen LogP) is 1.27. The molecule has 11 heteroatoms. The number of nitrogens with two attached hydrogens (primary N) is 1. The van der Waals surface area contributed by atoms with E-state index >= 15 is 0 Å². The lowest BCUT2D eigenvalue weighted by molar-refractivity contribution is -0.141. The minimum Gasteiger partial charge on any atom is -0.492 e. The molecule has 1 unspecified atom stereocenters. The number of anilines is 2. The van der Waals surface area contributed by atoms with Gasteiger partial charge in [-0.25, -0.2) is 4.98 Å². The Morgan fingerprint density at radius 2 is 1.67 bits per heavy atom. The number of piperazine rings is 1. The molecule has 2 fully saturated rings. The van der Waals surface area contributed by atoms with E-state index in [1.54, 1.807) is 0 Å². The first-order valence-corrected chi connectivity index (χ1v) is 10.9. The van der Waals surface area contributed by atoms with E-state index in [4.69, 9.17) is 29.7 Å². The van der Waals surface area contributed by atoms with Gasteiger partial charge in [0.05, 0.1) is 37.8 Å². The number of carbonyl (C=O) groups is 2. The standard InChI is InChI=1S/C22H29N5O6/c1-12(28)14-16-15(18(31-3)19(32-4)17(14)30-2)20(23)25-22(24-16)27-9-7-26(8-10-27)21(29)13-6-5-11-33-13/h13H,5-11H2,1-4H3,(H2,23,24,25). The molecule has 0 aliphatic carbocycles. The molecule has 0 spiro atoms. The first-order chi connectivity index (χ1) is 15.9. The van der Waals surface area contributed by atoms with Crippen LogP contribution in [0.15, 0.2) is 0 Å². The Hall–Kier alpha value is -3.34. The fraction of sp³-hybridized carbons (Fsp3) is 0.545. The molecule has 3 heterocycles. The Morgan fingerprint density at radius 1 is 1.00 bits per heavy atom. The number of Topliss-reactive ketones (excluding diaryl/α,β-unsaturated/α-hetero) is 1. The fourth-order valence-corrected chi connectivity index (χ4v) is 4.45. The largest absolute Gasteiger partial charge is 0.492 e. The second-order valence-electron chi connectivity index (χ2n) is 7.98. The first-order valence-electron chi connectivity index (χ1n) is 10.9. The van der Waals surface area contributed by atoms with Gasteiger partial charge in [0.1, 0.15) is 11.9 Å². The van der Waals surface area contributed by atoms with Crippen molar-refractivity contribution in [2.45, 2.75) is 25.9 Å². The molecular weight excluding hydrogens is 430 g/mol. The number of methoxy groups -OCH3 is 3. The third-order valence-electron chi connectivity index (χ3n) is 6.07. The Labute approximate surface area is 191 Å². The third kappa shape index (κ3) is 3.97. The topological polar surface area (TPSA) is 129 Å². The molecule has 1 aromatic heterocycles. The zero-order valence-electron chi connectivity index (χ0n) is 19.3. The van der Waals surface area contributed by atoms with E-state index in [1.807, 2.05) is 9.80 Å². The number of ketones is 1. The lowest BCUT2D eigenvalue weighted by Gasteiger charge is -2.36. The van der Waals surface area contributed by atoms with Crippen molar-refractivity contribution in [2.24, 2.45) is 0 Å². The highest BCUT2D eigenvalue weighted by atomic mass is 16.5. The maximum atomic E-state index is 12.6.